The van der Waals surface area contributed by atoms with E-state index in [4.69, 9.17) is 15.2 Å². The fourth-order valence-electron chi connectivity index (χ4n) is 7.05. The summed E-state index contributed by atoms with van der Waals surface area (Å²) >= 11 is 0. The zero-order valence-electron chi connectivity index (χ0n) is 33.9. The smallest absolute Gasteiger partial charge is 0.246 e. The predicted octanol–water partition coefficient (Wildman–Crippen LogP) is 0.789. The molecule has 3 aromatic rings. The quantitative estimate of drug-likeness (QED) is 0.235. The van der Waals surface area contributed by atoms with E-state index in [-0.39, 0.29) is 43.6 Å². The molecular formula is C42H51N7O10. The van der Waals surface area contributed by atoms with E-state index >= 15 is 0 Å². The molecule has 0 radical (unpaired) electrons. The van der Waals surface area contributed by atoms with Crippen LogP contribution in [0, 0.1) is 0 Å². The van der Waals surface area contributed by atoms with Crippen molar-refractivity contribution < 1.29 is 48.1 Å². The molecule has 6 rings (SSSR count). The number of benzene rings is 3. The molecule has 3 aliphatic rings. The number of amides is 7. The fourth-order valence-corrected chi connectivity index (χ4v) is 7.05. The van der Waals surface area contributed by atoms with Crippen molar-refractivity contribution in [1.29, 1.82) is 0 Å². The van der Waals surface area contributed by atoms with Crippen LogP contribution < -0.4 is 31.2 Å². The molecule has 59 heavy (non-hydrogen) atoms. The van der Waals surface area contributed by atoms with Crippen molar-refractivity contribution in [3.63, 3.8) is 0 Å². The molecule has 17 heteroatoms. The van der Waals surface area contributed by atoms with Gasteiger partial charge in [0.05, 0.1) is 7.11 Å². The number of phenolic OH excluding ortho intramolecular Hbond substituents is 1. The molecule has 1 saturated heterocycles. The Balaban J connectivity index is 1.60. The molecule has 6 atom stereocenters. The summed E-state index contributed by atoms with van der Waals surface area (Å²) < 4.78 is 11.2. The minimum atomic E-state index is -1.36. The van der Waals surface area contributed by atoms with Crippen molar-refractivity contribution in [3.8, 4) is 23.0 Å². The number of phenols is 1. The maximum absolute atomic E-state index is 14.7. The van der Waals surface area contributed by atoms with Gasteiger partial charge in [0, 0.05) is 46.8 Å². The Labute approximate surface area is 342 Å². The van der Waals surface area contributed by atoms with Gasteiger partial charge in [-0.25, -0.2) is 0 Å². The van der Waals surface area contributed by atoms with Crippen molar-refractivity contribution >= 4 is 41.4 Å². The maximum atomic E-state index is 14.7. The van der Waals surface area contributed by atoms with Gasteiger partial charge in [0.1, 0.15) is 47.8 Å². The van der Waals surface area contributed by atoms with Gasteiger partial charge in [-0.05, 0) is 73.4 Å². The summed E-state index contributed by atoms with van der Waals surface area (Å²) in [6, 6.07) is 10.5. The Kier molecular flexibility index (Phi) is 13.8. The summed E-state index contributed by atoms with van der Waals surface area (Å²) in [5.74, 6) is -4.04. The van der Waals surface area contributed by atoms with Gasteiger partial charge in [0.25, 0.3) is 0 Å². The van der Waals surface area contributed by atoms with Gasteiger partial charge in [0.15, 0.2) is 11.5 Å². The van der Waals surface area contributed by atoms with Gasteiger partial charge in [-0.2, -0.15) is 0 Å². The van der Waals surface area contributed by atoms with Crippen molar-refractivity contribution in [2.45, 2.75) is 82.2 Å². The molecule has 0 aromatic heterocycles. The van der Waals surface area contributed by atoms with Crippen LogP contribution >= 0.6 is 0 Å². The van der Waals surface area contributed by atoms with Gasteiger partial charge in [-0.3, -0.25) is 33.6 Å². The number of primary amides is 1. The standard InChI is InChI=1S/C42H51N7O10/c1-23-37(52)46-30(16-18-36(43)51)41(56)47(3)31(19-25-7-12-28(58-6)13-8-25)39(54)45-24(2)40(55)49(5)33-20-26-9-14-29(15-10-26)59-35-22-27(11-17-34(35)50)21-32(38(53)44-23)48(4)42(33)57/h7-15,17,22-24,30-33,50H,16,18-21H2,1-6H3,(H2,43,51)(H,44,53)(H,45,54)(H,46,52)/t23-,24+,30+,31+,32+,33+/m1/s1. The molecule has 314 valence electrons. The first-order valence-electron chi connectivity index (χ1n) is 19.2. The summed E-state index contributed by atoms with van der Waals surface area (Å²) in [5, 5.41) is 18.6. The van der Waals surface area contributed by atoms with Crippen LogP contribution in [0.2, 0.25) is 0 Å². The number of hydrogen-bond donors (Lipinski definition) is 5. The third kappa shape index (κ3) is 10.5. The molecule has 3 aliphatic heterocycles. The molecule has 0 unspecified atom stereocenters. The van der Waals surface area contributed by atoms with E-state index in [1.54, 1.807) is 54.6 Å². The largest absolute Gasteiger partial charge is 0.504 e. The van der Waals surface area contributed by atoms with E-state index in [1.165, 1.54) is 64.0 Å². The normalized spacial score (nSPS) is 23.7. The number of nitrogens with one attached hydrogen (secondary N) is 3. The minimum Gasteiger partial charge on any atom is -0.504 e. The number of ether oxygens (including phenoxy) is 2. The number of nitrogens with two attached hydrogens (primary N) is 1. The summed E-state index contributed by atoms with van der Waals surface area (Å²) in [7, 11) is 5.72. The Morgan fingerprint density at radius 3 is 2.00 bits per heavy atom. The number of nitrogens with zero attached hydrogens (tertiary/aromatic N) is 3. The predicted molar refractivity (Wildman–Crippen MR) is 214 cm³/mol. The summed E-state index contributed by atoms with van der Waals surface area (Å²) in [6.45, 7) is 2.85. The summed E-state index contributed by atoms with van der Waals surface area (Å²) in [6.07, 6.45) is -0.644. The van der Waals surface area contributed by atoms with Crippen molar-refractivity contribution in [1.82, 2.24) is 30.7 Å². The molecular weight excluding hydrogens is 763 g/mol. The van der Waals surface area contributed by atoms with Crippen LogP contribution in [-0.4, -0.2) is 126 Å². The second-order valence-electron chi connectivity index (χ2n) is 14.9. The van der Waals surface area contributed by atoms with Crippen LogP contribution in [0.15, 0.2) is 66.7 Å². The number of likely N-dealkylation sites (N-methyl/N-ethyl adjacent to an activating group) is 3. The van der Waals surface area contributed by atoms with E-state index in [0.717, 1.165) is 4.90 Å². The second kappa shape index (κ2) is 18.7. The van der Waals surface area contributed by atoms with Gasteiger partial charge < -0.3 is 51.0 Å². The van der Waals surface area contributed by atoms with Crippen LogP contribution in [0.3, 0.4) is 0 Å². The highest BCUT2D eigenvalue weighted by molar-refractivity contribution is 5.98. The topological polar surface area (TPSA) is 230 Å². The Morgan fingerprint density at radius 2 is 1.36 bits per heavy atom. The number of carbonyl (C=O) groups is 7. The van der Waals surface area contributed by atoms with Crippen LogP contribution in [0.4, 0.5) is 0 Å². The number of carbonyl (C=O) groups excluding carboxylic acids is 7. The van der Waals surface area contributed by atoms with E-state index in [9.17, 15) is 38.7 Å². The lowest BCUT2D eigenvalue weighted by Crippen LogP contribution is -2.62. The fraction of sp³-hybridized carbons (Fsp3) is 0.405. The van der Waals surface area contributed by atoms with Crippen molar-refractivity contribution in [3.05, 3.63) is 83.4 Å². The number of fused-ring (bicyclic) bond motifs is 2. The molecule has 0 aliphatic carbocycles. The van der Waals surface area contributed by atoms with Gasteiger partial charge in [-0.15, -0.1) is 0 Å². The van der Waals surface area contributed by atoms with Gasteiger partial charge in [-0.1, -0.05) is 30.3 Å². The van der Waals surface area contributed by atoms with Crippen LogP contribution in [0.25, 0.3) is 0 Å². The Hall–Kier alpha value is -6.65. The first-order chi connectivity index (χ1) is 28.0. The zero-order valence-corrected chi connectivity index (χ0v) is 33.9. The molecule has 3 heterocycles. The Bertz CT molecular complexity index is 2080. The lowest BCUT2D eigenvalue weighted by Gasteiger charge is -2.37. The summed E-state index contributed by atoms with van der Waals surface area (Å²) in [4.78, 5) is 101. The highest BCUT2D eigenvalue weighted by atomic mass is 16.5. The maximum Gasteiger partial charge on any atom is 0.246 e. The highest BCUT2D eigenvalue weighted by Crippen LogP contribution is 2.33. The molecule has 0 spiro atoms. The zero-order chi connectivity index (χ0) is 43.1. The van der Waals surface area contributed by atoms with Gasteiger partial charge in [0.2, 0.25) is 41.4 Å². The Morgan fingerprint density at radius 1 is 0.746 bits per heavy atom. The SMILES string of the molecule is COc1ccc(C[C@H]2C(=O)N[C@@H](C)C(=O)N(C)[C@H]3Cc4ccc(cc4)Oc4cc(ccc4O)C[C@@H](C(=O)N[C@H](C)C(=O)N[C@@H](CCC(N)=O)C(=O)N2C)N(C)C3=O)cc1. The lowest BCUT2D eigenvalue weighted by molar-refractivity contribution is -0.149. The molecule has 7 amide bonds. The second-order valence-corrected chi connectivity index (χ2v) is 14.9. The molecule has 1 fully saturated rings. The highest BCUT2D eigenvalue weighted by Gasteiger charge is 2.39. The molecule has 0 saturated carbocycles. The average molecular weight is 814 g/mol. The number of methoxy groups -OCH3 is 1. The van der Waals surface area contributed by atoms with Crippen LogP contribution in [-0.2, 0) is 52.8 Å². The average Bonchev–Trinajstić information content (AvgIpc) is 3.21. The first-order valence-corrected chi connectivity index (χ1v) is 19.2. The third-order valence-electron chi connectivity index (χ3n) is 10.7. The van der Waals surface area contributed by atoms with Gasteiger partial charge >= 0.3 is 0 Å². The number of hydrogen-bond acceptors (Lipinski definition) is 10. The molecule has 3 aromatic carbocycles. The van der Waals surface area contributed by atoms with Crippen molar-refractivity contribution in [2.24, 2.45) is 5.73 Å². The molecule has 6 N–H and O–H groups in total. The lowest BCUT2D eigenvalue weighted by atomic mass is 9.98. The number of rotatable bonds is 6. The monoisotopic (exact) mass is 813 g/mol. The number of aromatic hydroxyl groups is 1. The first kappa shape index (κ1) is 43.5. The molecule has 17 nitrogen and oxygen atoms in total. The minimum absolute atomic E-state index is 0.0000780. The summed E-state index contributed by atoms with van der Waals surface area (Å²) in [5.41, 5.74) is 7.20. The molecule has 6 bridgehead atoms. The van der Waals surface area contributed by atoms with E-state index in [0.29, 0.717) is 28.2 Å². The third-order valence-corrected chi connectivity index (χ3v) is 10.7. The van der Waals surface area contributed by atoms with Crippen LogP contribution in [0.1, 0.15) is 43.4 Å². The van der Waals surface area contributed by atoms with Crippen LogP contribution in [0.5, 0.6) is 23.0 Å². The van der Waals surface area contributed by atoms with E-state index < -0.39 is 77.6 Å². The van der Waals surface area contributed by atoms with E-state index in [1.807, 2.05) is 0 Å². The van der Waals surface area contributed by atoms with Crippen molar-refractivity contribution in [2.75, 3.05) is 28.3 Å². The van der Waals surface area contributed by atoms with E-state index in [2.05, 4.69) is 16.0 Å².